The molecule has 2 unspecified atom stereocenters. The van der Waals surface area contributed by atoms with E-state index < -0.39 is 0 Å². The van der Waals surface area contributed by atoms with E-state index in [1.807, 2.05) is 13.2 Å². The summed E-state index contributed by atoms with van der Waals surface area (Å²) >= 11 is 0. The van der Waals surface area contributed by atoms with Crippen LogP contribution in [0.3, 0.4) is 0 Å². The summed E-state index contributed by atoms with van der Waals surface area (Å²) in [6.45, 7) is 4.49. The van der Waals surface area contributed by atoms with E-state index in [4.69, 9.17) is 0 Å². The lowest BCUT2D eigenvalue weighted by Gasteiger charge is -2.36. The van der Waals surface area contributed by atoms with Gasteiger partial charge in [-0.15, -0.1) is 0 Å². The van der Waals surface area contributed by atoms with Gasteiger partial charge in [-0.1, -0.05) is 6.92 Å². The Morgan fingerprint density at radius 3 is 2.88 bits per heavy atom. The maximum absolute atomic E-state index is 4.49. The van der Waals surface area contributed by atoms with Crippen molar-refractivity contribution in [2.75, 3.05) is 13.6 Å². The molecule has 3 nitrogen and oxygen atoms in total. The third-order valence-corrected chi connectivity index (χ3v) is 3.75. The quantitative estimate of drug-likeness (QED) is 0.797. The zero-order valence-corrected chi connectivity index (χ0v) is 10.4. The summed E-state index contributed by atoms with van der Waals surface area (Å²) in [6, 6.07) is 0. The highest BCUT2D eigenvalue weighted by Gasteiger charge is 2.30. The Bertz CT molecular complexity index is 319. The first-order chi connectivity index (χ1) is 7.85. The predicted molar refractivity (Wildman–Crippen MR) is 66.4 cm³/mol. The van der Waals surface area contributed by atoms with Crippen molar-refractivity contribution in [2.45, 2.75) is 39.2 Å². The van der Waals surface area contributed by atoms with Crippen LogP contribution in [0.25, 0.3) is 0 Å². The lowest BCUT2D eigenvalue weighted by Crippen LogP contribution is -2.35. The van der Waals surface area contributed by atoms with Gasteiger partial charge < -0.3 is 9.88 Å². The number of aromatic nitrogens is 2. The van der Waals surface area contributed by atoms with Crippen LogP contribution in [0.2, 0.25) is 0 Å². The van der Waals surface area contributed by atoms with E-state index in [2.05, 4.69) is 28.0 Å². The zero-order chi connectivity index (χ0) is 11.4. The molecule has 1 aromatic heterocycles. The zero-order valence-electron chi connectivity index (χ0n) is 10.4. The number of aryl methyl sites for hydroxylation is 1. The number of hydrogen-bond acceptors (Lipinski definition) is 2. The van der Waals surface area contributed by atoms with E-state index in [0.29, 0.717) is 0 Å². The van der Waals surface area contributed by atoms with Gasteiger partial charge >= 0.3 is 0 Å². The molecule has 2 rings (SSSR count). The highest BCUT2D eigenvalue weighted by molar-refractivity contribution is 4.97. The van der Waals surface area contributed by atoms with Gasteiger partial charge in [0.05, 0.1) is 0 Å². The molecule has 2 atom stereocenters. The van der Waals surface area contributed by atoms with E-state index in [9.17, 15) is 0 Å². The molecule has 90 valence electrons. The van der Waals surface area contributed by atoms with Gasteiger partial charge in [0.25, 0.3) is 0 Å². The van der Waals surface area contributed by atoms with Crippen LogP contribution in [0, 0.1) is 11.8 Å². The average Bonchev–Trinajstić information content (AvgIpc) is 2.69. The summed E-state index contributed by atoms with van der Waals surface area (Å²) in [7, 11) is 2.05. The van der Waals surface area contributed by atoms with Gasteiger partial charge in [0.15, 0.2) is 0 Å². The molecule has 1 aliphatic rings. The summed E-state index contributed by atoms with van der Waals surface area (Å²) in [5.74, 6) is 3.01. The van der Waals surface area contributed by atoms with Gasteiger partial charge in [0.2, 0.25) is 0 Å². The molecule has 1 aliphatic carbocycles. The van der Waals surface area contributed by atoms with Crippen molar-refractivity contribution in [2.24, 2.45) is 11.8 Å². The largest absolute Gasteiger partial charge is 0.335 e. The van der Waals surface area contributed by atoms with Crippen LogP contribution < -0.4 is 5.32 Å². The molecule has 16 heavy (non-hydrogen) atoms. The molecular weight excluding hydrogens is 198 g/mol. The monoisotopic (exact) mass is 221 g/mol. The molecule has 0 saturated heterocycles. The lowest BCUT2D eigenvalue weighted by molar-refractivity contribution is 0.170. The summed E-state index contributed by atoms with van der Waals surface area (Å²) in [6.07, 6.45) is 9.18. The molecule has 1 heterocycles. The Morgan fingerprint density at radius 1 is 1.44 bits per heavy atom. The molecule has 0 aliphatic heterocycles. The minimum Gasteiger partial charge on any atom is -0.335 e. The number of imidazole rings is 1. The van der Waals surface area contributed by atoms with Gasteiger partial charge in [0, 0.05) is 25.4 Å². The SMILES string of the molecule is CCCn1ccnc1CC1CCC1CNC. The normalized spacial score (nSPS) is 24.4. The highest BCUT2D eigenvalue weighted by atomic mass is 15.1. The van der Waals surface area contributed by atoms with Crippen molar-refractivity contribution in [3.05, 3.63) is 18.2 Å². The maximum atomic E-state index is 4.49. The molecule has 1 N–H and O–H groups in total. The fourth-order valence-electron chi connectivity index (χ4n) is 2.65. The van der Waals surface area contributed by atoms with Crippen LogP contribution in [-0.2, 0) is 13.0 Å². The van der Waals surface area contributed by atoms with Gasteiger partial charge in [-0.05, 0) is 44.7 Å². The molecule has 0 radical (unpaired) electrons. The minimum absolute atomic E-state index is 0.852. The number of nitrogens with one attached hydrogen (secondary N) is 1. The number of rotatable bonds is 6. The Labute approximate surface area is 98.3 Å². The standard InChI is InChI=1S/C13H23N3/c1-3-7-16-8-6-15-13(16)9-11-4-5-12(11)10-14-2/h6,8,11-12,14H,3-5,7,9-10H2,1-2H3. The van der Waals surface area contributed by atoms with Crippen LogP contribution in [0.1, 0.15) is 32.0 Å². The first kappa shape index (κ1) is 11.6. The van der Waals surface area contributed by atoms with E-state index in [1.54, 1.807) is 0 Å². The van der Waals surface area contributed by atoms with Crippen LogP contribution >= 0.6 is 0 Å². The third kappa shape index (κ3) is 2.46. The maximum Gasteiger partial charge on any atom is 0.108 e. The second kappa shape index (κ2) is 5.48. The summed E-state index contributed by atoms with van der Waals surface area (Å²) in [5.41, 5.74) is 0. The second-order valence-corrected chi connectivity index (χ2v) is 4.90. The lowest BCUT2D eigenvalue weighted by atomic mass is 9.72. The van der Waals surface area contributed by atoms with Gasteiger partial charge in [-0.3, -0.25) is 0 Å². The van der Waals surface area contributed by atoms with Gasteiger partial charge in [0.1, 0.15) is 5.82 Å². The molecule has 0 spiro atoms. The van der Waals surface area contributed by atoms with Crippen molar-refractivity contribution in [3.63, 3.8) is 0 Å². The van der Waals surface area contributed by atoms with Crippen molar-refractivity contribution in [3.8, 4) is 0 Å². The smallest absolute Gasteiger partial charge is 0.108 e. The Kier molecular flexibility index (Phi) is 3.99. The number of nitrogens with zero attached hydrogens (tertiary/aromatic N) is 2. The molecule has 1 saturated carbocycles. The Balaban J connectivity index is 1.90. The molecule has 1 fully saturated rings. The molecule has 0 aromatic carbocycles. The van der Waals surface area contributed by atoms with Crippen molar-refractivity contribution < 1.29 is 0 Å². The Hall–Kier alpha value is -0.830. The topological polar surface area (TPSA) is 29.9 Å². The van der Waals surface area contributed by atoms with Crippen LogP contribution in [0.4, 0.5) is 0 Å². The van der Waals surface area contributed by atoms with E-state index in [-0.39, 0.29) is 0 Å². The van der Waals surface area contributed by atoms with Crippen LogP contribution in [0.5, 0.6) is 0 Å². The number of hydrogen-bond donors (Lipinski definition) is 1. The summed E-state index contributed by atoms with van der Waals surface area (Å²) < 4.78 is 2.31. The second-order valence-electron chi connectivity index (χ2n) is 4.90. The van der Waals surface area contributed by atoms with Crippen LogP contribution in [-0.4, -0.2) is 23.1 Å². The summed E-state index contributed by atoms with van der Waals surface area (Å²) in [5, 5.41) is 3.29. The fraction of sp³-hybridized carbons (Fsp3) is 0.769. The van der Waals surface area contributed by atoms with E-state index in [1.165, 1.54) is 38.1 Å². The highest BCUT2D eigenvalue weighted by Crippen LogP contribution is 2.35. The fourth-order valence-corrected chi connectivity index (χ4v) is 2.65. The predicted octanol–water partition coefficient (Wildman–Crippen LogP) is 2.08. The van der Waals surface area contributed by atoms with Crippen molar-refractivity contribution in [1.82, 2.24) is 14.9 Å². The van der Waals surface area contributed by atoms with E-state index in [0.717, 1.165) is 18.4 Å². The van der Waals surface area contributed by atoms with Gasteiger partial charge in [-0.2, -0.15) is 0 Å². The minimum atomic E-state index is 0.852. The average molecular weight is 221 g/mol. The Morgan fingerprint density at radius 2 is 2.25 bits per heavy atom. The first-order valence-electron chi connectivity index (χ1n) is 6.49. The van der Waals surface area contributed by atoms with E-state index >= 15 is 0 Å². The molecular formula is C13H23N3. The first-order valence-corrected chi connectivity index (χ1v) is 6.49. The molecule has 3 heteroatoms. The molecule has 0 amide bonds. The molecule has 0 bridgehead atoms. The molecule has 1 aromatic rings. The van der Waals surface area contributed by atoms with Crippen molar-refractivity contribution in [1.29, 1.82) is 0 Å². The summed E-state index contributed by atoms with van der Waals surface area (Å²) in [4.78, 5) is 4.49. The van der Waals surface area contributed by atoms with Crippen LogP contribution in [0.15, 0.2) is 12.4 Å². The third-order valence-electron chi connectivity index (χ3n) is 3.75. The van der Waals surface area contributed by atoms with Gasteiger partial charge in [-0.25, -0.2) is 4.98 Å². The van der Waals surface area contributed by atoms with Crippen molar-refractivity contribution >= 4 is 0 Å².